The third-order valence-corrected chi connectivity index (χ3v) is 1.75. The van der Waals surface area contributed by atoms with Gasteiger partial charge in [0.25, 0.3) is 0 Å². The van der Waals surface area contributed by atoms with Crippen molar-refractivity contribution in [3.8, 4) is 24.3 Å². The van der Waals surface area contributed by atoms with Gasteiger partial charge in [-0.1, -0.05) is 5.92 Å². The van der Waals surface area contributed by atoms with Gasteiger partial charge in [-0.25, -0.2) is 10.8 Å². The number of hydrazine groups is 1. The molecule has 2 heterocycles. The van der Waals surface area contributed by atoms with Crippen LogP contribution in [0.5, 0.6) is 6.01 Å². The Morgan fingerprint density at radius 1 is 1.47 bits per heavy atom. The molecule has 0 saturated heterocycles. The summed E-state index contributed by atoms with van der Waals surface area (Å²) in [5, 5.41) is 0. The van der Waals surface area contributed by atoms with Gasteiger partial charge in [-0.2, -0.15) is 15.0 Å². The predicted octanol–water partition coefficient (Wildman–Crippen LogP) is -0.645. The largest absolute Gasteiger partial charge is 0.450 e. The molecule has 2 aromatic heterocycles. The standard InChI is InChI=1S/C9H9N7O/c1-2-5-17-9-13-7(15-10)12-8(14-9)16-4-3-11-6-16/h1,3-4,6H,5,10H2,(H,12,13,14,15). The second kappa shape index (κ2) is 4.91. The molecule has 17 heavy (non-hydrogen) atoms. The molecular weight excluding hydrogens is 222 g/mol. The van der Waals surface area contributed by atoms with Gasteiger partial charge in [0.05, 0.1) is 0 Å². The van der Waals surface area contributed by atoms with E-state index >= 15 is 0 Å². The Balaban J connectivity index is 2.36. The van der Waals surface area contributed by atoms with Crippen LogP contribution >= 0.6 is 0 Å². The third kappa shape index (κ3) is 2.47. The maximum absolute atomic E-state index is 5.25. The quantitative estimate of drug-likeness (QED) is 0.409. The van der Waals surface area contributed by atoms with E-state index in [2.05, 4.69) is 31.3 Å². The first-order valence-electron chi connectivity index (χ1n) is 4.61. The van der Waals surface area contributed by atoms with Gasteiger partial charge in [-0.3, -0.25) is 9.99 Å². The lowest BCUT2D eigenvalue weighted by Gasteiger charge is -2.06. The smallest absolute Gasteiger partial charge is 0.324 e. The van der Waals surface area contributed by atoms with Crippen LogP contribution in [0.1, 0.15) is 0 Å². The van der Waals surface area contributed by atoms with Crippen molar-refractivity contribution in [3.63, 3.8) is 0 Å². The van der Waals surface area contributed by atoms with Crippen molar-refractivity contribution in [1.82, 2.24) is 24.5 Å². The normalized spacial score (nSPS) is 9.65. The van der Waals surface area contributed by atoms with Gasteiger partial charge in [-0.15, -0.1) is 6.42 Å². The van der Waals surface area contributed by atoms with Gasteiger partial charge in [-0.05, 0) is 0 Å². The van der Waals surface area contributed by atoms with Crippen LogP contribution in [0, 0.1) is 12.3 Å². The van der Waals surface area contributed by atoms with Crippen molar-refractivity contribution < 1.29 is 4.74 Å². The van der Waals surface area contributed by atoms with Crippen LogP contribution in [0.4, 0.5) is 5.95 Å². The summed E-state index contributed by atoms with van der Waals surface area (Å²) < 4.78 is 6.70. The number of imidazole rings is 1. The summed E-state index contributed by atoms with van der Waals surface area (Å²) in [7, 11) is 0. The molecule has 0 saturated carbocycles. The fourth-order valence-corrected chi connectivity index (χ4v) is 1.07. The maximum Gasteiger partial charge on any atom is 0.324 e. The van der Waals surface area contributed by atoms with Crippen LogP contribution in [-0.4, -0.2) is 31.1 Å². The summed E-state index contributed by atoms with van der Waals surface area (Å²) in [6.07, 6.45) is 9.90. The van der Waals surface area contributed by atoms with E-state index in [0.29, 0.717) is 5.95 Å². The highest BCUT2D eigenvalue weighted by Gasteiger charge is 2.07. The fourth-order valence-electron chi connectivity index (χ4n) is 1.07. The Kier molecular flexibility index (Phi) is 3.13. The highest BCUT2D eigenvalue weighted by molar-refractivity contribution is 5.28. The first-order chi connectivity index (χ1) is 8.33. The maximum atomic E-state index is 5.25. The van der Waals surface area contributed by atoms with Crippen LogP contribution < -0.4 is 16.0 Å². The van der Waals surface area contributed by atoms with Gasteiger partial charge in [0, 0.05) is 12.4 Å². The molecule has 0 spiro atoms. The minimum absolute atomic E-state index is 0.0669. The van der Waals surface area contributed by atoms with Crippen molar-refractivity contribution in [2.45, 2.75) is 0 Å². The average molecular weight is 231 g/mol. The lowest BCUT2D eigenvalue weighted by molar-refractivity contribution is 0.338. The minimum Gasteiger partial charge on any atom is -0.450 e. The Bertz CT molecular complexity index is 531. The van der Waals surface area contributed by atoms with Crippen molar-refractivity contribution >= 4 is 5.95 Å². The van der Waals surface area contributed by atoms with Crippen LogP contribution in [0.15, 0.2) is 18.7 Å². The van der Waals surface area contributed by atoms with Gasteiger partial charge in [0.2, 0.25) is 11.9 Å². The minimum atomic E-state index is 0.0669. The Morgan fingerprint density at radius 3 is 3.00 bits per heavy atom. The number of nitrogens with two attached hydrogens (primary N) is 1. The number of ether oxygens (including phenoxy) is 1. The zero-order valence-electron chi connectivity index (χ0n) is 8.74. The van der Waals surface area contributed by atoms with E-state index in [0.717, 1.165) is 0 Å². The first-order valence-corrected chi connectivity index (χ1v) is 4.61. The molecule has 0 aliphatic heterocycles. The number of terminal acetylenes is 1. The van der Waals surface area contributed by atoms with Gasteiger partial charge < -0.3 is 4.74 Å². The van der Waals surface area contributed by atoms with E-state index in [4.69, 9.17) is 17.0 Å². The number of aromatic nitrogens is 5. The number of rotatable bonds is 4. The van der Waals surface area contributed by atoms with E-state index in [1.54, 1.807) is 23.3 Å². The van der Waals surface area contributed by atoms with Gasteiger partial charge >= 0.3 is 6.01 Å². The molecule has 0 aliphatic carbocycles. The van der Waals surface area contributed by atoms with Crippen LogP contribution in [-0.2, 0) is 0 Å². The molecule has 8 nitrogen and oxygen atoms in total. The second-order valence-corrected chi connectivity index (χ2v) is 2.85. The SMILES string of the molecule is C#CCOc1nc(NN)nc(-n2ccnc2)n1. The lowest BCUT2D eigenvalue weighted by Crippen LogP contribution is -2.14. The number of hydrogen-bond donors (Lipinski definition) is 2. The molecule has 0 amide bonds. The van der Waals surface area contributed by atoms with Crippen molar-refractivity contribution in [2.75, 3.05) is 12.0 Å². The number of hydrogen-bond acceptors (Lipinski definition) is 7. The summed E-state index contributed by atoms with van der Waals surface area (Å²) in [4.78, 5) is 15.9. The Hall–Kier alpha value is -2.66. The molecule has 2 aromatic rings. The number of anilines is 1. The van der Waals surface area contributed by atoms with Crippen molar-refractivity contribution in [2.24, 2.45) is 5.84 Å². The number of nitrogens with one attached hydrogen (secondary N) is 1. The molecule has 0 atom stereocenters. The van der Waals surface area contributed by atoms with Crippen LogP contribution in [0.2, 0.25) is 0 Å². The van der Waals surface area contributed by atoms with Crippen molar-refractivity contribution in [1.29, 1.82) is 0 Å². The highest BCUT2D eigenvalue weighted by Crippen LogP contribution is 2.09. The molecule has 0 bridgehead atoms. The summed E-state index contributed by atoms with van der Waals surface area (Å²) in [5.74, 6) is 8.07. The molecule has 8 heteroatoms. The zero-order valence-corrected chi connectivity index (χ0v) is 8.74. The Morgan fingerprint density at radius 2 is 2.35 bits per heavy atom. The van der Waals surface area contributed by atoms with Crippen LogP contribution in [0.3, 0.4) is 0 Å². The third-order valence-electron chi connectivity index (χ3n) is 1.75. The molecule has 3 N–H and O–H groups in total. The summed E-state index contributed by atoms with van der Waals surface area (Å²) in [5.41, 5.74) is 2.32. The molecular formula is C9H9N7O. The molecule has 0 fully saturated rings. The van der Waals surface area contributed by atoms with E-state index in [9.17, 15) is 0 Å². The summed E-state index contributed by atoms with van der Waals surface area (Å²) in [6, 6.07) is 0.0922. The number of nitrogen functional groups attached to an aromatic ring is 1. The first kappa shape index (κ1) is 10.8. The molecule has 2 rings (SSSR count). The van der Waals surface area contributed by atoms with Gasteiger partial charge in [0.15, 0.2) is 6.61 Å². The molecule has 0 unspecified atom stereocenters. The van der Waals surface area contributed by atoms with E-state index < -0.39 is 0 Å². The summed E-state index contributed by atoms with van der Waals surface area (Å²) in [6.45, 7) is 0.0669. The molecule has 0 aliphatic rings. The zero-order chi connectivity index (χ0) is 12.1. The number of nitrogens with zero attached hydrogens (tertiary/aromatic N) is 5. The summed E-state index contributed by atoms with van der Waals surface area (Å²) >= 11 is 0. The predicted molar refractivity (Wildman–Crippen MR) is 59.1 cm³/mol. The van der Waals surface area contributed by atoms with Crippen molar-refractivity contribution in [3.05, 3.63) is 18.7 Å². The van der Waals surface area contributed by atoms with E-state index in [1.807, 2.05) is 0 Å². The lowest BCUT2D eigenvalue weighted by atomic mass is 10.7. The fraction of sp³-hybridized carbons (Fsp3) is 0.111. The Labute approximate surface area is 96.9 Å². The average Bonchev–Trinajstić information content (AvgIpc) is 2.89. The second-order valence-electron chi connectivity index (χ2n) is 2.85. The monoisotopic (exact) mass is 231 g/mol. The van der Waals surface area contributed by atoms with Gasteiger partial charge in [0.1, 0.15) is 6.33 Å². The molecule has 86 valence electrons. The highest BCUT2D eigenvalue weighted by atomic mass is 16.5. The topological polar surface area (TPSA) is 104 Å². The molecule has 0 radical (unpaired) electrons. The van der Waals surface area contributed by atoms with Crippen LogP contribution in [0.25, 0.3) is 5.95 Å². The molecule has 0 aromatic carbocycles. The van der Waals surface area contributed by atoms with E-state index in [-0.39, 0.29) is 18.6 Å². The van der Waals surface area contributed by atoms with E-state index in [1.165, 1.54) is 0 Å².